The average molecular weight is 527 g/mol. The Labute approximate surface area is 193 Å². The third kappa shape index (κ3) is 4.70. The summed E-state index contributed by atoms with van der Waals surface area (Å²) in [4.78, 5) is 27.0. The summed E-state index contributed by atoms with van der Waals surface area (Å²) >= 11 is 3.41. The molecule has 3 aromatic rings. The molecule has 0 saturated heterocycles. The largest absolute Gasteiger partial charge is 0.573 e. The maximum atomic E-state index is 13.0. The first kappa shape index (κ1) is 22.8. The highest BCUT2D eigenvalue weighted by Gasteiger charge is 2.36. The smallest absolute Gasteiger partial charge is 0.452 e. The van der Waals surface area contributed by atoms with Crippen LogP contribution in [0.2, 0.25) is 0 Å². The summed E-state index contributed by atoms with van der Waals surface area (Å²) in [6.45, 7) is 0.219. The van der Waals surface area contributed by atoms with Crippen molar-refractivity contribution >= 4 is 27.4 Å². The van der Waals surface area contributed by atoms with Gasteiger partial charge < -0.3 is 19.7 Å². The zero-order valence-corrected chi connectivity index (χ0v) is 19.0. The highest BCUT2D eigenvalue weighted by Crippen LogP contribution is 2.34. The predicted molar refractivity (Wildman–Crippen MR) is 118 cm³/mol. The standard InChI is InChI=1S/C21H18BrF3N4O4/c1-27-17-16(18(30)28(2)20(27)31)29(11-12-5-3-6-13(22)9-12)19(26-17)32-14-7-4-8-15(10-14)33-21(23,24)25/h3-10,19,26H,11H2,1-2H3. The quantitative estimate of drug-likeness (QED) is 0.548. The molecule has 1 atom stereocenters. The van der Waals surface area contributed by atoms with Crippen LogP contribution in [0.25, 0.3) is 0 Å². The summed E-state index contributed by atoms with van der Waals surface area (Å²) < 4.78 is 50.8. The molecule has 2 aromatic carbocycles. The fourth-order valence-corrected chi connectivity index (χ4v) is 3.97. The fourth-order valence-electron chi connectivity index (χ4n) is 3.52. The number of nitrogens with one attached hydrogen (secondary N) is 1. The number of alkyl halides is 3. The Kier molecular flexibility index (Phi) is 5.87. The molecule has 1 aliphatic rings. The number of hydrogen-bond acceptors (Lipinski definition) is 6. The molecule has 8 nitrogen and oxygen atoms in total. The average Bonchev–Trinajstić information content (AvgIpc) is 3.08. The van der Waals surface area contributed by atoms with Crippen molar-refractivity contribution in [2.24, 2.45) is 14.1 Å². The topological polar surface area (TPSA) is 77.7 Å². The summed E-state index contributed by atoms with van der Waals surface area (Å²) in [6, 6.07) is 12.4. The Balaban J connectivity index is 1.73. The van der Waals surface area contributed by atoms with Crippen LogP contribution in [-0.2, 0) is 20.6 Å². The number of hydrogen-bond donors (Lipinski definition) is 1. The van der Waals surface area contributed by atoms with Crippen LogP contribution < -0.4 is 30.9 Å². The van der Waals surface area contributed by atoms with E-state index >= 15 is 0 Å². The van der Waals surface area contributed by atoms with E-state index in [-0.39, 0.29) is 23.8 Å². The molecule has 1 aromatic heterocycles. The van der Waals surface area contributed by atoms with Gasteiger partial charge in [-0.1, -0.05) is 34.1 Å². The Morgan fingerprint density at radius 1 is 1.03 bits per heavy atom. The summed E-state index contributed by atoms with van der Waals surface area (Å²) in [6.07, 6.45) is -5.83. The zero-order chi connectivity index (χ0) is 23.9. The second kappa shape index (κ2) is 8.50. The minimum atomic E-state index is -4.85. The van der Waals surface area contributed by atoms with E-state index in [1.54, 1.807) is 4.90 Å². The molecule has 1 aliphatic heterocycles. The van der Waals surface area contributed by atoms with Gasteiger partial charge in [0.25, 0.3) is 11.9 Å². The maximum absolute atomic E-state index is 13.0. The Bertz CT molecular complexity index is 1320. The molecule has 4 rings (SSSR count). The summed E-state index contributed by atoms with van der Waals surface area (Å²) in [5.41, 5.74) is -0.0318. The van der Waals surface area contributed by atoms with Crippen LogP contribution in [0.15, 0.2) is 62.6 Å². The molecule has 0 saturated carbocycles. The Morgan fingerprint density at radius 2 is 1.73 bits per heavy atom. The number of benzene rings is 2. The number of aromatic nitrogens is 2. The monoisotopic (exact) mass is 526 g/mol. The molecule has 1 unspecified atom stereocenters. The highest BCUT2D eigenvalue weighted by molar-refractivity contribution is 9.10. The number of anilines is 2. The van der Waals surface area contributed by atoms with Gasteiger partial charge >= 0.3 is 12.1 Å². The fraction of sp³-hybridized carbons (Fsp3) is 0.238. The third-order valence-corrected chi connectivity index (χ3v) is 5.49. The van der Waals surface area contributed by atoms with E-state index in [2.05, 4.69) is 26.0 Å². The van der Waals surface area contributed by atoms with Crippen molar-refractivity contribution in [1.29, 1.82) is 0 Å². The molecule has 0 bridgehead atoms. The minimum Gasteiger partial charge on any atom is -0.452 e. The molecular weight excluding hydrogens is 509 g/mol. The zero-order valence-electron chi connectivity index (χ0n) is 17.4. The van der Waals surface area contributed by atoms with Crippen LogP contribution in [0, 0.1) is 0 Å². The highest BCUT2D eigenvalue weighted by atomic mass is 79.9. The van der Waals surface area contributed by atoms with E-state index < -0.39 is 29.7 Å². The van der Waals surface area contributed by atoms with Gasteiger partial charge in [-0.25, -0.2) is 4.79 Å². The molecule has 0 aliphatic carbocycles. The molecule has 0 radical (unpaired) electrons. The SMILES string of the molecule is Cn1c2c(c(=O)n(C)c1=O)N(Cc1cccc(Br)c1)C(Oc1cccc(OC(F)(F)F)c1)N2. The number of halogens is 4. The van der Waals surface area contributed by atoms with Gasteiger partial charge in [0.05, 0.1) is 0 Å². The normalized spacial score (nSPS) is 15.2. The first-order chi connectivity index (χ1) is 15.5. The van der Waals surface area contributed by atoms with Crippen LogP contribution in [0.1, 0.15) is 5.56 Å². The molecule has 2 heterocycles. The Morgan fingerprint density at radius 3 is 2.42 bits per heavy atom. The predicted octanol–water partition coefficient (Wildman–Crippen LogP) is 3.54. The van der Waals surface area contributed by atoms with Crippen LogP contribution in [0.3, 0.4) is 0 Å². The molecule has 12 heteroatoms. The molecule has 0 amide bonds. The first-order valence-electron chi connectivity index (χ1n) is 9.63. The van der Waals surface area contributed by atoms with Crippen LogP contribution in [0.5, 0.6) is 11.5 Å². The summed E-state index contributed by atoms with van der Waals surface area (Å²) in [5, 5.41) is 2.99. The van der Waals surface area contributed by atoms with E-state index in [4.69, 9.17) is 4.74 Å². The van der Waals surface area contributed by atoms with Gasteiger partial charge in [0.15, 0.2) is 0 Å². The maximum Gasteiger partial charge on any atom is 0.573 e. The minimum absolute atomic E-state index is 0.0723. The lowest BCUT2D eigenvalue weighted by Gasteiger charge is -2.26. The number of fused-ring (bicyclic) bond motifs is 1. The third-order valence-electron chi connectivity index (χ3n) is 5.00. The second-order valence-electron chi connectivity index (χ2n) is 7.30. The Hall–Kier alpha value is -3.41. The van der Waals surface area contributed by atoms with Gasteiger partial charge in [0.1, 0.15) is 23.0 Å². The van der Waals surface area contributed by atoms with Crippen molar-refractivity contribution in [3.05, 3.63) is 79.4 Å². The molecule has 1 N–H and O–H groups in total. The lowest BCUT2D eigenvalue weighted by molar-refractivity contribution is -0.274. The lowest BCUT2D eigenvalue weighted by Crippen LogP contribution is -2.42. The van der Waals surface area contributed by atoms with Gasteiger partial charge in [-0.05, 0) is 29.8 Å². The number of ether oxygens (including phenoxy) is 2. The molecule has 0 fully saturated rings. The molecule has 33 heavy (non-hydrogen) atoms. The van der Waals surface area contributed by atoms with E-state index in [1.807, 2.05) is 24.3 Å². The number of rotatable bonds is 5. The van der Waals surface area contributed by atoms with Gasteiger partial charge in [0.2, 0.25) is 0 Å². The van der Waals surface area contributed by atoms with Crippen molar-refractivity contribution < 1.29 is 22.6 Å². The van der Waals surface area contributed by atoms with E-state index in [0.29, 0.717) is 0 Å². The van der Waals surface area contributed by atoms with E-state index in [0.717, 1.165) is 26.7 Å². The van der Waals surface area contributed by atoms with Crippen LogP contribution in [-0.4, -0.2) is 21.8 Å². The van der Waals surface area contributed by atoms with Gasteiger partial charge in [0, 0.05) is 31.2 Å². The van der Waals surface area contributed by atoms with Crippen molar-refractivity contribution in [2.45, 2.75) is 19.3 Å². The number of nitrogens with zero attached hydrogens (tertiary/aromatic N) is 3. The van der Waals surface area contributed by atoms with E-state index in [1.165, 1.54) is 30.8 Å². The van der Waals surface area contributed by atoms with Crippen LogP contribution >= 0.6 is 15.9 Å². The van der Waals surface area contributed by atoms with Gasteiger partial charge in [-0.2, -0.15) is 0 Å². The molecule has 0 spiro atoms. The summed E-state index contributed by atoms with van der Waals surface area (Å²) in [7, 11) is 2.87. The molecular formula is C21H18BrF3N4O4. The lowest BCUT2D eigenvalue weighted by atomic mass is 10.2. The van der Waals surface area contributed by atoms with Crippen molar-refractivity contribution in [2.75, 3.05) is 10.2 Å². The van der Waals surface area contributed by atoms with Gasteiger partial charge in [-0.3, -0.25) is 13.9 Å². The van der Waals surface area contributed by atoms with Crippen molar-refractivity contribution in [3.8, 4) is 11.5 Å². The van der Waals surface area contributed by atoms with Crippen molar-refractivity contribution in [1.82, 2.24) is 9.13 Å². The first-order valence-corrected chi connectivity index (χ1v) is 10.4. The summed E-state index contributed by atoms with van der Waals surface area (Å²) in [5.74, 6) is -0.133. The van der Waals surface area contributed by atoms with Gasteiger partial charge in [-0.15, -0.1) is 13.2 Å². The molecule has 174 valence electrons. The van der Waals surface area contributed by atoms with E-state index in [9.17, 15) is 22.8 Å². The van der Waals surface area contributed by atoms with Crippen molar-refractivity contribution in [3.63, 3.8) is 0 Å². The second-order valence-corrected chi connectivity index (χ2v) is 8.21. The van der Waals surface area contributed by atoms with Crippen LogP contribution in [0.4, 0.5) is 24.7 Å².